The summed E-state index contributed by atoms with van der Waals surface area (Å²) in [4.78, 5) is 0. The summed E-state index contributed by atoms with van der Waals surface area (Å²) in [5, 5.41) is 1.12. The maximum Gasteiger partial charge on any atom is 0.673 e. The standard InChI is InChI=1S/C14H29P.BF4/c1-13(2,3)15(14(4,5)6)12-10-8-7-9-11-12;2-1(3,4)5/h12H,7-11H2,1-6H3;/q;-1/p+1. The van der Waals surface area contributed by atoms with Gasteiger partial charge in [-0.3, -0.25) is 0 Å². The highest BCUT2D eigenvalue weighted by Crippen LogP contribution is 2.65. The summed E-state index contributed by atoms with van der Waals surface area (Å²) in [6.07, 6.45) is 7.50. The molecule has 0 unspecified atom stereocenters. The smallest absolute Gasteiger partial charge is 0.418 e. The normalized spacial score (nSPS) is 18.8. The molecule has 0 aromatic rings. The topological polar surface area (TPSA) is 0 Å². The van der Waals surface area contributed by atoms with E-state index in [9.17, 15) is 17.3 Å². The summed E-state index contributed by atoms with van der Waals surface area (Å²) in [5.74, 6) is 0. The van der Waals surface area contributed by atoms with Crippen molar-refractivity contribution >= 4 is 15.2 Å². The molecule has 0 spiro atoms. The minimum absolute atomic E-state index is 0.276. The van der Waals surface area contributed by atoms with Crippen LogP contribution in [0.5, 0.6) is 0 Å². The minimum Gasteiger partial charge on any atom is -0.418 e. The molecular formula is C14H30BF4P. The number of hydrogen-bond acceptors (Lipinski definition) is 0. The third-order valence-electron chi connectivity index (χ3n) is 3.63. The van der Waals surface area contributed by atoms with Crippen molar-refractivity contribution in [3.63, 3.8) is 0 Å². The molecule has 0 amide bonds. The molecule has 0 N–H and O–H groups in total. The lowest BCUT2D eigenvalue weighted by Gasteiger charge is -2.40. The molecule has 0 saturated heterocycles. The van der Waals surface area contributed by atoms with Gasteiger partial charge in [0.25, 0.3) is 0 Å². The van der Waals surface area contributed by atoms with Crippen molar-refractivity contribution in [1.29, 1.82) is 0 Å². The fourth-order valence-corrected chi connectivity index (χ4v) is 9.43. The van der Waals surface area contributed by atoms with E-state index in [0.717, 1.165) is 5.66 Å². The molecule has 0 aromatic heterocycles. The highest BCUT2D eigenvalue weighted by atomic mass is 31.1. The first-order valence-corrected chi connectivity index (χ1v) is 9.06. The predicted octanol–water partition coefficient (Wildman–Crippen LogP) is 6.43. The Labute approximate surface area is 123 Å². The monoisotopic (exact) mass is 316 g/mol. The molecule has 0 heterocycles. The van der Waals surface area contributed by atoms with Gasteiger partial charge in [0.2, 0.25) is 0 Å². The van der Waals surface area contributed by atoms with Crippen LogP contribution >= 0.6 is 7.92 Å². The zero-order chi connectivity index (χ0) is 16.2. The molecule has 0 radical (unpaired) electrons. The lowest BCUT2D eigenvalue weighted by Crippen LogP contribution is -2.32. The van der Waals surface area contributed by atoms with Gasteiger partial charge in [-0.2, -0.15) is 0 Å². The summed E-state index contributed by atoms with van der Waals surface area (Å²) < 4.78 is 39.0. The van der Waals surface area contributed by atoms with Crippen molar-refractivity contribution in [3.8, 4) is 0 Å². The van der Waals surface area contributed by atoms with Crippen LogP contribution in [0.25, 0.3) is 0 Å². The molecular weight excluding hydrogens is 286 g/mol. The van der Waals surface area contributed by atoms with Crippen molar-refractivity contribution in [2.75, 3.05) is 0 Å². The Morgan fingerprint density at radius 3 is 1.30 bits per heavy atom. The molecule has 0 bridgehead atoms. The Balaban J connectivity index is 0.000000621. The van der Waals surface area contributed by atoms with E-state index in [2.05, 4.69) is 41.5 Å². The van der Waals surface area contributed by atoms with Crippen LogP contribution in [0.4, 0.5) is 17.3 Å². The molecule has 6 heteroatoms. The maximum atomic E-state index is 9.75. The van der Waals surface area contributed by atoms with Crippen molar-refractivity contribution in [2.45, 2.75) is 89.6 Å². The highest BCUT2D eigenvalue weighted by Gasteiger charge is 2.47. The van der Waals surface area contributed by atoms with Crippen LogP contribution in [0, 0.1) is 0 Å². The highest BCUT2D eigenvalue weighted by molar-refractivity contribution is 7.61. The van der Waals surface area contributed by atoms with Crippen LogP contribution < -0.4 is 0 Å². The number of hydrogen-bond donors (Lipinski definition) is 0. The van der Waals surface area contributed by atoms with E-state index in [4.69, 9.17) is 0 Å². The Bertz CT molecular complexity index is 252. The summed E-state index contributed by atoms with van der Waals surface area (Å²) in [7, 11) is -6.28. The molecule has 1 aliphatic rings. The third-order valence-corrected chi connectivity index (χ3v) is 8.26. The average Bonchev–Trinajstić information content (AvgIpc) is 2.11. The van der Waals surface area contributed by atoms with Crippen molar-refractivity contribution in [1.82, 2.24) is 0 Å². The number of halogens is 4. The molecule has 20 heavy (non-hydrogen) atoms. The Morgan fingerprint density at radius 2 is 1.05 bits per heavy atom. The van der Waals surface area contributed by atoms with E-state index in [0.29, 0.717) is 10.3 Å². The summed E-state index contributed by atoms with van der Waals surface area (Å²) in [6.45, 7) is 14.8. The van der Waals surface area contributed by atoms with Gasteiger partial charge in [-0.25, -0.2) is 0 Å². The molecule has 0 aliphatic heterocycles. The molecule has 0 nitrogen and oxygen atoms in total. The third kappa shape index (κ3) is 9.21. The van der Waals surface area contributed by atoms with Crippen LogP contribution in [0.3, 0.4) is 0 Å². The second kappa shape index (κ2) is 7.47. The quantitative estimate of drug-likeness (QED) is 0.297. The molecule has 122 valence electrons. The zero-order valence-electron chi connectivity index (χ0n) is 13.7. The van der Waals surface area contributed by atoms with E-state index in [1.807, 2.05) is 0 Å². The fraction of sp³-hybridized carbons (Fsp3) is 1.00. The summed E-state index contributed by atoms with van der Waals surface area (Å²) >= 11 is 0. The first-order chi connectivity index (χ1) is 8.73. The van der Waals surface area contributed by atoms with Crippen LogP contribution in [0.15, 0.2) is 0 Å². The van der Waals surface area contributed by atoms with Crippen LogP contribution in [-0.4, -0.2) is 23.2 Å². The largest absolute Gasteiger partial charge is 0.673 e. The van der Waals surface area contributed by atoms with Gasteiger partial charge >= 0.3 is 7.25 Å². The van der Waals surface area contributed by atoms with Gasteiger partial charge < -0.3 is 17.3 Å². The van der Waals surface area contributed by atoms with Gasteiger partial charge in [0.15, 0.2) is 0 Å². The SMILES string of the molecule is CC(C)(C)[PH+](C1CCCCC1)C(C)(C)C.F[B-](F)(F)F. The second-order valence-corrected chi connectivity index (χ2v) is 12.4. The maximum absolute atomic E-state index is 9.75. The lowest BCUT2D eigenvalue weighted by atomic mass is 10.0. The predicted molar refractivity (Wildman–Crippen MR) is 84.9 cm³/mol. The fourth-order valence-electron chi connectivity index (χ4n) is 3.74. The van der Waals surface area contributed by atoms with Crippen LogP contribution in [0.2, 0.25) is 0 Å². The van der Waals surface area contributed by atoms with Gasteiger partial charge in [-0.15, -0.1) is 0 Å². The van der Waals surface area contributed by atoms with Gasteiger partial charge in [0.05, 0.1) is 16.0 Å². The molecule has 1 aliphatic carbocycles. The lowest BCUT2D eigenvalue weighted by molar-refractivity contribution is 0.368. The first-order valence-electron chi connectivity index (χ1n) is 7.48. The van der Waals surface area contributed by atoms with E-state index in [-0.39, 0.29) is 7.92 Å². The van der Waals surface area contributed by atoms with E-state index < -0.39 is 7.25 Å². The molecule has 1 fully saturated rings. The second-order valence-electron chi connectivity index (χ2n) is 7.74. The molecule has 0 atom stereocenters. The van der Waals surface area contributed by atoms with Gasteiger partial charge in [-0.1, -0.05) is 6.42 Å². The Hall–Kier alpha value is 0.215. The molecule has 1 saturated carbocycles. The van der Waals surface area contributed by atoms with E-state index >= 15 is 0 Å². The van der Waals surface area contributed by atoms with Gasteiger partial charge in [0, 0.05) is 7.92 Å². The van der Waals surface area contributed by atoms with Crippen molar-refractivity contribution in [3.05, 3.63) is 0 Å². The van der Waals surface area contributed by atoms with E-state index in [1.54, 1.807) is 0 Å². The average molecular weight is 316 g/mol. The Morgan fingerprint density at radius 1 is 0.750 bits per heavy atom. The van der Waals surface area contributed by atoms with Gasteiger partial charge in [-0.05, 0) is 67.2 Å². The van der Waals surface area contributed by atoms with Crippen molar-refractivity contribution in [2.24, 2.45) is 0 Å². The zero-order valence-corrected chi connectivity index (χ0v) is 14.7. The van der Waals surface area contributed by atoms with Gasteiger partial charge in [0.1, 0.15) is 0 Å². The van der Waals surface area contributed by atoms with Crippen LogP contribution in [0.1, 0.15) is 73.6 Å². The van der Waals surface area contributed by atoms with Crippen LogP contribution in [-0.2, 0) is 0 Å². The van der Waals surface area contributed by atoms with Crippen molar-refractivity contribution < 1.29 is 17.3 Å². The summed E-state index contributed by atoms with van der Waals surface area (Å²) in [6, 6.07) is 0. The minimum atomic E-state index is -6.00. The first kappa shape index (κ1) is 20.2. The summed E-state index contributed by atoms with van der Waals surface area (Å²) in [5.41, 5.74) is 1.07. The molecule has 0 aromatic carbocycles. The molecule has 1 rings (SSSR count). The Kier molecular flexibility index (Phi) is 7.55. The van der Waals surface area contributed by atoms with E-state index in [1.165, 1.54) is 32.1 Å². The number of rotatable bonds is 1.